The van der Waals surface area contributed by atoms with Crippen LogP contribution in [0.5, 0.6) is 5.75 Å². The minimum atomic E-state index is -0.273. The van der Waals surface area contributed by atoms with Crippen molar-refractivity contribution in [1.82, 2.24) is 15.1 Å². The van der Waals surface area contributed by atoms with Crippen LogP contribution in [0.15, 0.2) is 84.9 Å². The molecule has 0 saturated heterocycles. The molecule has 0 atom stereocenters. The Hall–Kier alpha value is -3.57. The van der Waals surface area contributed by atoms with Crippen molar-refractivity contribution >= 4 is 17.5 Å². The lowest BCUT2D eigenvalue weighted by atomic mass is 10.1. The number of aryl methyl sites for hydroxylation is 1. The Bertz CT molecular complexity index is 1170. The lowest BCUT2D eigenvalue weighted by Crippen LogP contribution is -2.28. The van der Waals surface area contributed by atoms with E-state index in [1.807, 2.05) is 84.9 Å². The maximum Gasteiger partial charge on any atom is 0.256 e. The van der Waals surface area contributed by atoms with E-state index < -0.39 is 0 Å². The first-order valence-electron chi connectivity index (χ1n) is 10.0. The highest BCUT2D eigenvalue weighted by atomic mass is 35.5. The Morgan fingerprint density at radius 1 is 0.968 bits per heavy atom. The minimum absolute atomic E-state index is 0.273. The molecule has 4 aromatic rings. The Labute approximate surface area is 186 Å². The van der Waals surface area contributed by atoms with Crippen molar-refractivity contribution in [3.63, 3.8) is 0 Å². The van der Waals surface area contributed by atoms with Crippen LogP contribution in [0.4, 0.5) is 0 Å². The number of nitrogens with zero attached hydrogens (tertiary/aromatic N) is 2. The fraction of sp³-hybridized carbons (Fsp3) is 0.120. The molecule has 0 unspecified atom stereocenters. The summed E-state index contributed by atoms with van der Waals surface area (Å²) in [6.45, 7) is 2.44. The highest BCUT2D eigenvalue weighted by molar-refractivity contribution is 6.33. The number of amides is 1. The summed E-state index contributed by atoms with van der Waals surface area (Å²) in [5.74, 6) is 0.499. The largest absolute Gasteiger partial charge is 0.491 e. The molecule has 1 N–H and O–H groups in total. The van der Waals surface area contributed by atoms with Crippen molar-refractivity contribution in [2.24, 2.45) is 0 Å². The number of rotatable bonds is 7. The van der Waals surface area contributed by atoms with Crippen molar-refractivity contribution in [2.45, 2.75) is 6.92 Å². The van der Waals surface area contributed by atoms with Gasteiger partial charge in [0.2, 0.25) is 0 Å². The summed E-state index contributed by atoms with van der Waals surface area (Å²) in [5.41, 5.74) is 3.84. The van der Waals surface area contributed by atoms with Gasteiger partial charge in [0.15, 0.2) is 0 Å². The molecule has 0 bridgehead atoms. The van der Waals surface area contributed by atoms with E-state index >= 15 is 0 Å². The average molecular weight is 432 g/mol. The van der Waals surface area contributed by atoms with Gasteiger partial charge in [0.05, 0.1) is 23.5 Å². The van der Waals surface area contributed by atoms with Gasteiger partial charge < -0.3 is 10.1 Å². The van der Waals surface area contributed by atoms with Crippen LogP contribution in [0.25, 0.3) is 16.8 Å². The second-order valence-corrected chi connectivity index (χ2v) is 7.32. The van der Waals surface area contributed by atoms with E-state index in [1.165, 1.54) is 0 Å². The zero-order valence-electron chi connectivity index (χ0n) is 17.1. The standard InChI is InChI=1S/C25H22ClN3O2/c1-18-23(24(26)29(28-18)20-12-6-3-7-13-20)25(30)27-16-17-31-22-15-9-8-14-21(22)19-10-4-2-5-11-19/h2-15H,16-17H2,1H3,(H,27,30). The van der Waals surface area contributed by atoms with Gasteiger partial charge in [-0.05, 0) is 30.7 Å². The Kier molecular flexibility index (Phi) is 6.34. The SMILES string of the molecule is Cc1nn(-c2ccccc2)c(Cl)c1C(=O)NCCOc1ccccc1-c1ccccc1. The normalized spacial score (nSPS) is 10.6. The van der Waals surface area contributed by atoms with Gasteiger partial charge >= 0.3 is 0 Å². The number of hydrogen-bond donors (Lipinski definition) is 1. The molecule has 1 aromatic heterocycles. The molecule has 0 aliphatic carbocycles. The van der Waals surface area contributed by atoms with Gasteiger partial charge in [-0.15, -0.1) is 0 Å². The van der Waals surface area contributed by atoms with Crippen molar-refractivity contribution in [3.8, 4) is 22.6 Å². The second-order valence-electron chi connectivity index (χ2n) is 6.97. The third-order valence-corrected chi connectivity index (χ3v) is 5.20. The predicted molar refractivity (Wildman–Crippen MR) is 123 cm³/mol. The highest BCUT2D eigenvalue weighted by Crippen LogP contribution is 2.29. The van der Waals surface area contributed by atoms with E-state index in [9.17, 15) is 4.79 Å². The summed E-state index contributed by atoms with van der Waals surface area (Å²) < 4.78 is 7.51. The van der Waals surface area contributed by atoms with E-state index in [0.717, 1.165) is 22.6 Å². The smallest absolute Gasteiger partial charge is 0.256 e. The minimum Gasteiger partial charge on any atom is -0.491 e. The first kappa shape index (κ1) is 20.7. The van der Waals surface area contributed by atoms with Gasteiger partial charge in [-0.1, -0.05) is 78.3 Å². The zero-order valence-corrected chi connectivity index (χ0v) is 17.8. The number of para-hydroxylation sites is 2. The Balaban J connectivity index is 1.40. The summed E-state index contributed by atoms with van der Waals surface area (Å²) >= 11 is 6.46. The number of hydrogen-bond acceptors (Lipinski definition) is 3. The Morgan fingerprint density at radius 2 is 1.61 bits per heavy atom. The van der Waals surface area contributed by atoms with Gasteiger partial charge in [0.1, 0.15) is 17.5 Å². The number of aromatic nitrogens is 2. The molecule has 0 radical (unpaired) electrons. The first-order chi connectivity index (χ1) is 15.1. The summed E-state index contributed by atoms with van der Waals surface area (Å²) in [7, 11) is 0. The molecular formula is C25H22ClN3O2. The second kappa shape index (κ2) is 9.49. The molecule has 156 valence electrons. The van der Waals surface area contributed by atoms with Crippen molar-refractivity contribution in [2.75, 3.05) is 13.2 Å². The maximum atomic E-state index is 12.7. The van der Waals surface area contributed by atoms with E-state index in [2.05, 4.69) is 10.4 Å². The van der Waals surface area contributed by atoms with Crippen LogP contribution in [0.2, 0.25) is 5.15 Å². The predicted octanol–water partition coefficient (Wildman–Crippen LogP) is 5.31. The molecule has 0 aliphatic heterocycles. The number of carbonyl (C=O) groups is 1. The van der Waals surface area contributed by atoms with Gasteiger partial charge in [-0.3, -0.25) is 4.79 Å². The third kappa shape index (κ3) is 4.62. The third-order valence-electron chi connectivity index (χ3n) is 4.85. The van der Waals surface area contributed by atoms with Crippen LogP contribution >= 0.6 is 11.6 Å². The average Bonchev–Trinajstić information content (AvgIpc) is 3.12. The zero-order chi connectivity index (χ0) is 21.6. The summed E-state index contributed by atoms with van der Waals surface area (Å²) in [5, 5.41) is 7.58. The van der Waals surface area contributed by atoms with Crippen LogP contribution in [-0.2, 0) is 0 Å². The maximum absolute atomic E-state index is 12.7. The van der Waals surface area contributed by atoms with Crippen LogP contribution in [0.1, 0.15) is 16.1 Å². The molecular weight excluding hydrogens is 410 g/mol. The van der Waals surface area contributed by atoms with Crippen LogP contribution in [0, 0.1) is 6.92 Å². The van der Waals surface area contributed by atoms with Gasteiger partial charge in [-0.25, -0.2) is 4.68 Å². The van der Waals surface area contributed by atoms with Gasteiger partial charge in [0.25, 0.3) is 5.91 Å². The molecule has 0 aliphatic rings. The monoisotopic (exact) mass is 431 g/mol. The molecule has 31 heavy (non-hydrogen) atoms. The number of benzene rings is 3. The lowest BCUT2D eigenvalue weighted by molar-refractivity contribution is 0.0946. The summed E-state index contributed by atoms with van der Waals surface area (Å²) in [4.78, 5) is 12.7. The summed E-state index contributed by atoms with van der Waals surface area (Å²) in [6.07, 6.45) is 0. The van der Waals surface area contributed by atoms with E-state index in [4.69, 9.17) is 16.3 Å². The molecule has 0 saturated carbocycles. The molecule has 4 rings (SSSR count). The Morgan fingerprint density at radius 3 is 2.35 bits per heavy atom. The first-order valence-corrected chi connectivity index (χ1v) is 10.4. The number of nitrogens with one attached hydrogen (secondary N) is 1. The van der Waals surface area contributed by atoms with Crippen molar-refractivity contribution in [1.29, 1.82) is 0 Å². The number of ether oxygens (including phenoxy) is 1. The number of halogens is 1. The lowest BCUT2D eigenvalue weighted by Gasteiger charge is -2.12. The van der Waals surface area contributed by atoms with Gasteiger partial charge in [-0.2, -0.15) is 5.10 Å². The number of carbonyl (C=O) groups excluding carboxylic acids is 1. The molecule has 1 heterocycles. The molecule has 5 nitrogen and oxygen atoms in total. The van der Waals surface area contributed by atoms with Crippen molar-refractivity contribution in [3.05, 3.63) is 101 Å². The summed E-state index contributed by atoms with van der Waals surface area (Å²) in [6, 6.07) is 27.4. The van der Waals surface area contributed by atoms with E-state index in [1.54, 1.807) is 11.6 Å². The molecule has 3 aromatic carbocycles. The molecule has 1 amide bonds. The fourth-order valence-electron chi connectivity index (χ4n) is 3.36. The van der Waals surface area contributed by atoms with E-state index in [-0.39, 0.29) is 11.1 Å². The highest BCUT2D eigenvalue weighted by Gasteiger charge is 2.20. The van der Waals surface area contributed by atoms with E-state index in [0.29, 0.717) is 24.4 Å². The fourth-order valence-corrected chi connectivity index (χ4v) is 3.72. The van der Waals surface area contributed by atoms with Crippen LogP contribution < -0.4 is 10.1 Å². The van der Waals surface area contributed by atoms with Gasteiger partial charge in [0, 0.05) is 5.56 Å². The van der Waals surface area contributed by atoms with Crippen LogP contribution in [0.3, 0.4) is 0 Å². The molecule has 0 fully saturated rings. The quantitative estimate of drug-likeness (QED) is 0.403. The van der Waals surface area contributed by atoms with Crippen LogP contribution in [-0.4, -0.2) is 28.8 Å². The molecule has 0 spiro atoms. The topological polar surface area (TPSA) is 56.2 Å². The van der Waals surface area contributed by atoms with Crippen molar-refractivity contribution < 1.29 is 9.53 Å². The molecule has 6 heteroatoms.